The van der Waals surface area contributed by atoms with Crippen molar-refractivity contribution in [3.05, 3.63) is 71.2 Å². The maximum atomic E-state index is 13.9. The minimum Gasteiger partial charge on any atom is -0.451 e. The zero-order chi connectivity index (χ0) is 18.7. The number of furan rings is 1. The van der Waals surface area contributed by atoms with E-state index in [0.29, 0.717) is 22.0 Å². The third-order valence-electron chi connectivity index (χ3n) is 3.50. The van der Waals surface area contributed by atoms with Gasteiger partial charge in [-0.15, -0.1) is 0 Å². The van der Waals surface area contributed by atoms with Gasteiger partial charge in [0.2, 0.25) is 5.91 Å². The number of anilines is 2. The number of carbonyl (C=O) groups is 2. The summed E-state index contributed by atoms with van der Waals surface area (Å²) in [5.41, 5.74) is 0.939. The minimum absolute atomic E-state index is 0.00394. The number of nitrogens with one attached hydrogen (secondary N) is 2. The summed E-state index contributed by atoms with van der Waals surface area (Å²) in [5.74, 6) is -1.13. The Morgan fingerprint density at radius 1 is 1.04 bits per heavy atom. The van der Waals surface area contributed by atoms with Gasteiger partial charge in [-0.05, 0) is 42.5 Å². The first-order chi connectivity index (χ1) is 12.4. The van der Waals surface area contributed by atoms with Gasteiger partial charge >= 0.3 is 0 Å². The van der Waals surface area contributed by atoms with Gasteiger partial charge in [0, 0.05) is 18.2 Å². The Morgan fingerprint density at radius 3 is 2.54 bits per heavy atom. The fourth-order valence-electron chi connectivity index (χ4n) is 2.35. The molecule has 0 saturated heterocycles. The van der Waals surface area contributed by atoms with Gasteiger partial charge in [0.05, 0.1) is 10.7 Å². The monoisotopic (exact) mass is 372 g/mol. The maximum Gasteiger partial charge on any atom is 0.291 e. The number of amides is 2. The average molecular weight is 373 g/mol. The van der Waals surface area contributed by atoms with Crippen LogP contribution in [0.15, 0.2) is 59.0 Å². The van der Waals surface area contributed by atoms with Crippen molar-refractivity contribution in [2.75, 3.05) is 10.6 Å². The summed E-state index contributed by atoms with van der Waals surface area (Å²) >= 11 is 6.11. The van der Waals surface area contributed by atoms with E-state index in [4.69, 9.17) is 16.0 Å². The molecule has 3 aromatic rings. The van der Waals surface area contributed by atoms with Gasteiger partial charge < -0.3 is 15.1 Å². The molecule has 0 saturated carbocycles. The van der Waals surface area contributed by atoms with E-state index in [2.05, 4.69) is 10.6 Å². The van der Waals surface area contributed by atoms with E-state index >= 15 is 0 Å². The fourth-order valence-corrected chi connectivity index (χ4v) is 2.58. The SMILES string of the molecule is CC(=O)Nc1ccc(F)c(NC(=O)c2ccc(-c3ccccc3Cl)o2)c1. The fraction of sp³-hybridized carbons (Fsp3) is 0.0526. The molecule has 132 valence electrons. The maximum absolute atomic E-state index is 13.9. The Morgan fingerprint density at radius 2 is 1.81 bits per heavy atom. The Labute approximate surface area is 153 Å². The molecule has 0 fully saturated rings. The summed E-state index contributed by atoms with van der Waals surface area (Å²) in [6.07, 6.45) is 0. The number of hydrogen-bond donors (Lipinski definition) is 2. The van der Waals surface area contributed by atoms with Gasteiger partial charge in [0.15, 0.2) is 5.76 Å². The number of halogens is 2. The average Bonchev–Trinajstić information content (AvgIpc) is 3.08. The van der Waals surface area contributed by atoms with Crippen molar-refractivity contribution in [1.82, 2.24) is 0 Å². The lowest BCUT2D eigenvalue weighted by molar-refractivity contribution is -0.114. The quantitative estimate of drug-likeness (QED) is 0.680. The Kier molecular flexibility index (Phi) is 5.04. The van der Waals surface area contributed by atoms with E-state index in [-0.39, 0.29) is 17.4 Å². The lowest BCUT2D eigenvalue weighted by Gasteiger charge is -2.08. The first-order valence-electron chi connectivity index (χ1n) is 7.67. The first kappa shape index (κ1) is 17.7. The van der Waals surface area contributed by atoms with Crippen molar-refractivity contribution in [3.63, 3.8) is 0 Å². The van der Waals surface area contributed by atoms with Gasteiger partial charge in [0.1, 0.15) is 11.6 Å². The topological polar surface area (TPSA) is 71.3 Å². The Hall–Kier alpha value is -3.12. The van der Waals surface area contributed by atoms with E-state index in [1.807, 2.05) is 0 Å². The van der Waals surface area contributed by atoms with Crippen molar-refractivity contribution in [2.45, 2.75) is 6.92 Å². The molecule has 0 unspecified atom stereocenters. The molecule has 0 aliphatic heterocycles. The van der Waals surface area contributed by atoms with Crippen LogP contribution in [-0.4, -0.2) is 11.8 Å². The molecule has 0 radical (unpaired) electrons. The standard InChI is InChI=1S/C19H14ClFN2O3/c1-11(24)22-12-6-7-15(21)16(10-12)23-19(25)18-9-8-17(26-18)13-4-2-3-5-14(13)20/h2-10H,1H3,(H,22,24)(H,23,25). The lowest BCUT2D eigenvalue weighted by atomic mass is 10.2. The zero-order valence-electron chi connectivity index (χ0n) is 13.7. The van der Waals surface area contributed by atoms with Crippen LogP contribution in [0.2, 0.25) is 5.02 Å². The third-order valence-corrected chi connectivity index (χ3v) is 3.83. The van der Waals surface area contributed by atoms with Gasteiger partial charge in [-0.3, -0.25) is 9.59 Å². The molecule has 5 nitrogen and oxygen atoms in total. The highest BCUT2D eigenvalue weighted by molar-refractivity contribution is 6.33. The molecule has 7 heteroatoms. The molecular formula is C19H14ClFN2O3. The van der Waals surface area contributed by atoms with Crippen LogP contribution in [0, 0.1) is 5.82 Å². The van der Waals surface area contributed by atoms with Gasteiger partial charge in [-0.25, -0.2) is 4.39 Å². The molecule has 0 atom stereocenters. The van der Waals surface area contributed by atoms with E-state index < -0.39 is 11.7 Å². The highest BCUT2D eigenvalue weighted by atomic mass is 35.5. The Balaban J connectivity index is 1.81. The molecule has 0 aliphatic rings. The molecule has 3 rings (SSSR count). The summed E-state index contributed by atoms with van der Waals surface area (Å²) in [6.45, 7) is 1.33. The van der Waals surface area contributed by atoms with Crippen LogP contribution < -0.4 is 10.6 Å². The molecule has 1 aromatic heterocycles. The largest absolute Gasteiger partial charge is 0.451 e. The summed E-state index contributed by atoms with van der Waals surface area (Å²) in [4.78, 5) is 23.4. The van der Waals surface area contributed by atoms with Gasteiger partial charge in [-0.1, -0.05) is 23.7 Å². The van der Waals surface area contributed by atoms with Crippen molar-refractivity contribution < 1.29 is 18.4 Å². The van der Waals surface area contributed by atoms with Crippen molar-refractivity contribution in [2.24, 2.45) is 0 Å². The highest BCUT2D eigenvalue weighted by Gasteiger charge is 2.16. The first-order valence-corrected chi connectivity index (χ1v) is 8.05. The van der Waals surface area contributed by atoms with Crippen molar-refractivity contribution >= 4 is 34.8 Å². The van der Waals surface area contributed by atoms with Crippen LogP contribution in [0.4, 0.5) is 15.8 Å². The normalized spacial score (nSPS) is 10.4. The second-order valence-electron chi connectivity index (χ2n) is 5.47. The summed E-state index contributed by atoms with van der Waals surface area (Å²) in [7, 11) is 0. The molecule has 0 bridgehead atoms. The number of carbonyl (C=O) groups excluding carboxylic acids is 2. The number of hydrogen-bond acceptors (Lipinski definition) is 3. The molecule has 0 aliphatic carbocycles. The molecule has 26 heavy (non-hydrogen) atoms. The van der Waals surface area contributed by atoms with Crippen LogP contribution in [0.3, 0.4) is 0 Å². The second kappa shape index (κ2) is 7.41. The predicted molar refractivity (Wildman–Crippen MR) is 97.8 cm³/mol. The van der Waals surface area contributed by atoms with Crippen LogP contribution >= 0.6 is 11.6 Å². The van der Waals surface area contributed by atoms with Crippen molar-refractivity contribution in [3.8, 4) is 11.3 Å². The molecule has 2 aromatic carbocycles. The van der Waals surface area contributed by atoms with Crippen LogP contribution in [0.5, 0.6) is 0 Å². The number of benzene rings is 2. The summed E-state index contributed by atoms with van der Waals surface area (Å²) < 4.78 is 19.5. The van der Waals surface area contributed by atoms with E-state index in [1.165, 1.54) is 25.1 Å². The van der Waals surface area contributed by atoms with Crippen molar-refractivity contribution in [1.29, 1.82) is 0 Å². The third kappa shape index (κ3) is 3.92. The lowest BCUT2D eigenvalue weighted by Crippen LogP contribution is -2.13. The van der Waals surface area contributed by atoms with Crippen LogP contribution in [0.1, 0.15) is 17.5 Å². The van der Waals surface area contributed by atoms with Crippen LogP contribution in [-0.2, 0) is 4.79 Å². The Bertz CT molecular complexity index is 984. The van der Waals surface area contributed by atoms with Gasteiger partial charge in [0.25, 0.3) is 5.91 Å². The zero-order valence-corrected chi connectivity index (χ0v) is 14.4. The molecule has 1 heterocycles. The molecular weight excluding hydrogens is 359 g/mol. The molecule has 2 amide bonds. The molecule has 0 spiro atoms. The smallest absolute Gasteiger partial charge is 0.291 e. The highest BCUT2D eigenvalue weighted by Crippen LogP contribution is 2.29. The predicted octanol–water partition coefficient (Wildman–Crippen LogP) is 4.95. The second-order valence-corrected chi connectivity index (χ2v) is 5.88. The van der Waals surface area contributed by atoms with E-state index in [0.717, 1.165) is 6.07 Å². The van der Waals surface area contributed by atoms with Crippen LogP contribution in [0.25, 0.3) is 11.3 Å². The minimum atomic E-state index is -0.634. The summed E-state index contributed by atoms with van der Waals surface area (Å²) in [6, 6.07) is 14.0. The molecule has 2 N–H and O–H groups in total. The van der Waals surface area contributed by atoms with Gasteiger partial charge in [-0.2, -0.15) is 0 Å². The number of rotatable bonds is 4. The van der Waals surface area contributed by atoms with E-state index in [1.54, 1.807) is 30.3 Å². The summed E-state index contributed by atoms with van der Waals surface area (Å²) in [5, 5.41) is 5.44. The van der Waals surface area contributed by atoms with E-state index in [9.17, 15) is 14.0 Å².